The van der Waals surface area contributed by atoms with Gasteiger partial charge in [-0.2, -0.15) is 0 Å². The van der Waals surface area contributed by atoms with E-state index in [9.17, 15) is 0 Å². The average molecular weight is 201 g/mol. The minimum Gasteiger partial charge on any atom is -0.368 e. The van der Waals surface area contributed by atoms with Gasteiger partial charge in [0.05, 0.1) is 0 Å². The summed E-state index contributed by atoms with van der Waals surface area (Å²) in [5.41, 5.74) is 3.64. The van der Waals surface area contributed by atoms with Gasteiger partial charge in [0.1, 0.15) is 0 Å². The van der Waals surface area contributed by atoms with Crippen LogP contribution in [0.5, 0.6) is 0 Å². The van der Waals surface area contributed by atoms with Gasteiger partial charge in [-0.1, -0.05) is 24.6 Å². The number of para-hydroxylation sites is 1. The van der Waals surface area contributed by atoms with E-state index in [2.05, 4.69) is 43.0 Å². The maximum absolute atomic E-state index is 2.58. The van der Waals surface area contributed by atoms with Crippen LogP contribution < -0.4 is 4.90 Å². The molecule has 0 radical (unpaired) electrons. The van der Waals surface area contributed by atoms with Crippen LogP contribution in [0.1, 0.15) is 38.7 Å². The molecular weight excluding hydrogens is 182 g/mol. The lowest BCUT2D eigenvalue weighted by Crippen LogP contribution is -2.41. The Morgan fingerprint density at radius 2 is 1.93 bits per heavy atom. The van der Waals surface area contributed by atoms with E-state index in [1.807, 2.05) is 0 Å². The third-order valence-corrected chi connectivity index (χ3v) is 4.19. The molecule has 80 valence electrons. The van der Waals surface area contributed by atoms with Crippen molar-refractivity contribution >= 4 is 5.69 Å². The molecule has 1 heterocycles. The first kappa shape index (κ1) is 9.26. The van der Waals surface area contributed by atoms with Gasteiger partial charge in [0.25, 0.3) is 0 Å². The number of benzene rings is 1. The molecule has 1 aliphatic carbocycles. The van der Waals surface area contributed by atoms with Gasteiger partial charge in [0, 0.05) is 23.7 Å². The standard InChI is InChI=1S/C14H19N/c1-11(2)15-10-14(8-5-9-14)12-6-3-4-7-13(12)15/h3-4,6-7,11H,5,8-10H2,1-2H3. The van der Waals surface area contributed by atoms with E-state index in [4.69, 9.17) is 0 Å². The van der Waals surface area contributed by atoms with Crippen molar-refractivity contribution in [3.63, 3.8) is 0 Å². The first-order valence-electron chi connectivity index (χ1n) is 6.09. The summed E-state index contributed by atoms with van der Waals surface area (Å²) in [6, 6.07) is 9.64. The summed E-state index contributed by atoms with van der Waals surface area (Å²) in [6.45, 7) is 5.85. The molecule has 0 aromatic heterocycles. The molecule has 3 rings (SSSR count). The predicted octanol–water partition coefficient (Wildman–Crippen LogP) is 3.34. The number of fused-ring (bicyclic) bond motifs is 2. The fourth-order valence-corrected chi connectivity index (χ4v) is 3.16. The van der Waals surface area contributed by atoms with Gasteiger partial charge >= 0.3 is 0 Å². The molecule has 1 aromatic carbocycles. The Hall–Kier alpha value is -0.980. The Labute approximate surface area is 92.1 Å². The highest BCUT2D eigenvalue weighted by Crippen LogP contribution is 2.52. The van der Waals surface area contributed by atoms with Crippen LogP contribution >= 0.6 is 0 Å². The molecule has 0 saturated heterocycles. The second-order valence-corrected chi connectivity index (χ2v) is 5.37. The van der Waals surface area contributed by atoms with Crippen LogP contribution in [0.4, 0.5) is 5.69 Å². The molecule has 1 fully saturated rings. The summed E-state index contributed by atoms with van der Waals surface area (Å²) in [5.74, 6) is 0. The van der Waals surface area contributed by atoms with E-state index < -0.39 is 0 Å². The number of anilines is 1. The molecule has 15 heavy (non-hydrogen) atoms. The number of hydrogen-bond acceptors (Lipinski definition) is 1. The normalized spacial score (nSPS) is 21.9. The van der Waals surface area contributed by atoms with E-state index in [0.29, 0.717) is 11.5 Å². The zero-order valence-corrected chi connectivity index (χ0v) is 9.66. The van der Waals surface area contributed by atoms with E-state index in [0.717, 1.165) is 0 Å². The Kier molecular flexibility index (Phi) is 1.86. The average Bonchev–Trinajstić information content (AvgIpc) is 2.52. The Morgan fingerprint density at radius 3 is 2.53 bits per heavy atom. The van der Waals surface area contributed by atoms with Gasteiger partial charge in [0.2, 0.25) is 0 Å². The summed E-state index contributed by atoms with van der Waals surface area (Å²) in [7, 11) is 0. The second-order valence-electron chi connectivity index (χ2n) is 5.37. The molecule has 0 amide bonds. The van der Waals surface area contributed by atoms with Crippen LogP contribution in [0, 0.1) is 0 Å². The van der Waals surface area contributed by atoms with Gasteiger partial charge in [-0.05, 0) is 38.3 Å². The molecule has 1 saturated carbocycles. The summed E-state index contributed by atoms with van der Waals surface area (Å²) in [6.07, 6.45) is 4.21. The quantitative estimate of drug-likeness (QED) is 0.673. The van der Waals surface area contributed by atoms with Gasteiger partial charge in [-0.3, -0.25) is 0 Å². The third-order valence-electron chi connectivity index (χ3n) is 4.19. The van der Waals surface area contributed by atoms with Crippen molar-refractivity contribution < 1.29 is 0 Å². The van der Waals surface area contributed by atoms with E-state index >= 15 is 0 Å². The van der Waals surface area contributed by atoms with Crippen molar-refractivity contribution in [3.05, 3.63) is 29.8 Å². The second kappa shape index (κ2) is 3.01. The largest absolute Gasteiger partial charge is 0.368 e. The van der Waals surface area contributed by atoms with Crippen LogP contribution in [-0.4, -0.2) is 12.6 Å². The van der Waals surface area contributed by atoms with Gasteiger partial charge in [-0.15, -0.1) is 0 Å². The van der Waals surface area contributed by atoms with Crippen molar-refractivity contribution in [2.24, 2.45) is 0 Å². The highest BCUT2D eigenvalue weighted by Gasteiger charge is 2.46. The number of rotatable bonds is 1. The first-order chi connectivity index (χ1) is 7.23. The Bertz CT molecular complexity index is 377. The lowest BCUT2D eigenvalue weighted by molar-refractivity contribution is 0.261. The monoisotopic (exact) mass is 201 g/mol. The van der Waals surface area contributed by atoms with Crippen molar-refractivity contribution in [2.45, 2.75) is 44.6 Å². The topological polar surface area (TPSA) is 3.24 Å². The molecule has 1 aromatic rings. The van der Waals surface area contributed by atoms with Crippen LogP contribution in [0.3, 0.4) is 0 Å². The predicted molar refractivity (Wildman–Crippen MR) is 64.5 cm³/mol. The molecule has 1 nitrogen and oxygen atoms in total. The molecule has 0 unspecified atom stereocenters. The third kappa shape index (κ3) is 1.15. The summed E-state index contributed by atoms with van der Waals surface area (Å²) < 4.78 is 0. The van der Waals surface area contributed by atoms with Crippen LogP contribution in [0.2, 0.25) is 0 Å². The number of hydrogen-bond donors (Lipinski definition) is 0. The van der Waals surface area contributed by atoms with E-state index in [-0.39, 0.29) is 0 Å². The van der Waals surface area contributed by atoms with Crippen molar-refractivity contribution in [2.75, 3.05) is 11.4 Å². The maximum atomic E-state index is 2.58. The fourth-order valence-electron chi connectivity index (χ4n) is 3.16. The summed E-state index contributed by atoms with van der Waals surface area (Å²) in [5, 5.41) is 0. The van der Waals surface area contributed by atoms with Crippen molar-refractivity contribution in [1.82, 2.24) is 0 Å². The van der Waals surface area contributed by atoms with Crippen molar-refractivity contribution in [1.29, 1.82) is 0 Å². The fraction of sp³-hybridized carbons (Fsp3) is 0.571. The van der Waals surface area contributed by atoms with Gasteiger partial charge in [-0.25, -0.2) is 0 Å². The van der Waals surface area contributed by atoms with E-state index in [1.165, 1.54) is 31.5 Å². The maximum Gasteiger partial charge on any atom is 0.0407 e. The Balaban J connectivity index is 2.08. The zero-order valence-electron chi connectivity index (χ0n) is 9.66. The van der Waals surface area contributed by atoms with Crippen LogP contribution in [0.25, 0.3) is 0 Å². The minimum atomic E-state index is 0.529. The summed E-state index contributed by atoms with van der Waals surface area (Å²) in [4.78, 5) is 2.58. The zero-order chi connectivity index (χ0) is 10.5. The first-order valence-corrected chi connectivity index (χ1v) is 6.09. The summed E-state index contributed by atoms with van der Waals surface area (Å²) >= 11 is 0. The van der Waals surface area contributed by atoms with Gasteiger partial charge in [0.15, 0.2) is 0 Å². The highest BCUT2D eigenvalue weighted by molar-refractivity contribution is 5.63. The molecule has 1 spiro atoms. The van der Waals surface area contributed by atoms with Crippen LogP contribution in [-0.2, 0) is 5.41 Å². The van der Waals surface area contributed by atoms with Crippen LogP contribution in [0.15, 0.2) is 24.3 Å². The minimum absolute atomic E-state index is 0.529. The molecule has 1 heteroatoms. The van der Waals surface area contributed by atoms with Gasteiger partial charge < -0.3 is 4.90 Å². The Morgan fingerprint density at radius 1 is 1.20 bits per heavy atom. The molecular formula is C14H19N. The molecule has 0 N–H and O–H groups in total. The smallest absolute Gasteiger partial charge is 0.0407 e. The highest BCUT2D eigenvalue weighted by atomic mass is 15.2. The molecule has 2 aliphatic rings. The molecule has 1 aliphatic heterocycles. The molecule has 0 atom stereocenters. The SMILES string of the molecule is CC(C)N1CC2(CCC2)c2ccccc21. The van der Waals surface area contributed by atoms with E-state index in [1.54, 1.807) is 5.56 Å². The number of nitrogens with zero attached hydrogens (tertiary/aromatic N) is 1. The lowest BCUT2D eigenvalue weighted by atomic mass is 9.66. The lowest BCUT2D eigenvalue weighted by Gasteiger charge is -2.39. The molecule has 0 bridgehead atoms. The van der Waals surface area contributed by atoms with Crippen molar-refractivity contribution in [3.8, 4) is 0 Å².